The lowest BCUT2D eigenvalue weighted by molar-refractivity contribution is -0.385. The van der Waals surface area contributed by atoms with E-state index in [0.717, 1.165) is 5.56 Å². The molecule has 0 fully saturated rings. The quantitative estimate of drug-likeness (QED) is 0.393. The highest BCUT2D eigenvalue weighted by Crippen LogP contribution is 2.30. The van der Waals surface area contributed by atoms with E-state index in [2.05, 4.69) is 9.98 Å². The molecule has 1 aromatic heterocycles. The van der Waals surface area contributed by atoms with E-state index in [4.69, 9.17) is 0 Å². The Hall–Kier alpha value is -3.65. The van der Waals surface area contributed by atoms with E-state index in [0.29, 0.717) is 16.5 Å². The van der Waals surface area contributed by atoms with Gasteiger partial charge in [0.1, 0.15) is 11.5 Å². The topological polar surface area (TPSA) is 88.7 Å². The second kappa shape index (κ2) is 6.93. The van der Waals surface area contributed by atoms with Crippen LogP contribution in [0.4, 0.5) is 10.8 Å². The van der Waals surface area contributed by atoms with Crippen molar-refractivity contribution in [2.24, 2.45) is 4.99 Å². The highest BCUT2D eigenvalue weighted by atomic mass is 32.1. The summed E-state index contributed by atoms with van der Waals surface area (Å²) in [7, 11) is 0. The lowest BCUT2D eigenvalue weighted by atomic mass is 10.1. The molecule has 132 valence electrons. The van der Waals surface area contributed by atoms with Gasteiger partial charge in [-0.15, -0.1) is 11.3 Å². The van der Waals surface area contributed by atoms with Gasteiger partial charge < -0.3 is 0 Å². The molecule has 0 aliphatic carbocycles. The minimum Gasteiger partial charge on any atom is -0.266 e. The van der Waals surface area contributed by atoms with Gasteiger partial charge >= 0.3 is 0 Å². The molecular formula is C19H12N4O3S. The predicted molar refractivity (Wildman–Crippen MR) is 104 cm³/mol. The zero-order valence-electron chi connectivity index (χ0n) is 13.9. The summed E-state index contributed by atoms with van der Waals surface area (Å²) < 4.78 is 0. The number of anilines is 1. The largest absolute Gasteiger partial charge is 0.284 e. The monoisotopic (exact) mass is 376 g/mol. The van der Waals surface area contributed by atoms with Crippen LogP contribution in [0.25, 0.3) is 6.08 Å². The molecule has 27 heavy (non-hydrogen) atoms. The van der Waals surface area contributed by atoms with Crippen molar-refractivity contribution in [1.82, 2.24) is 4.98 Å². The summed E-state index contributed by atoms with van der Waals surface area (Å²) >= 11 is 1.32. The minimum absolute atomic E-state index is 0.0815. The van der Waals surface area contributed by atoms with E-state index in [-0.39, 0.29) is 17.3 Å². The molecule has 0 radical (unpaired) electrons. The molecule has 3 aromatic rings. The Balaban J connectivity index is 1.84. The van der Waals surface area contributed by atoms with Crippen LogP contribution >= 0.6 is 11.3 Å². The zero-order chi connectivity index (χ0) is 18.8. The van der Waals surface area contributed by atoms with Crippen LogP contribution < -0.4 is 4.90 Å². The predicted octanol–water partition coefficient (Wildman–Crippen LogP) is 3.89. The number of hydrogen-bond donors (Lipinski definition) is 0. The number of nitrogens with zero attached hydrogens (tertiary/aromatic N) is 4. The van der Waals surface area contributed by atoms with E-state index in [1.54, 1.807) is 29.8 Å². The molecule has 1 aliphatic heterocycles. The fourth-order valence-electron chi connectivity index (χ4n) is 2.72. The van der Waals surface area contributed by atoms with Gasteiger partial charge in [-0.1, -0.05) is 42.5 Å². The molecule has 2 heterocycles. The summed E-state index contributed by atoms with van der Waals surface area (Å²) in [5.41, 5.74) is 1.12. The first-order valence-corrected chi connectivity index (χ1v) is 8.86. The maximum atomic E-state index is 13.0. The minimum atomic E-state index is -0.480. The third-order valence-corrected chi connectivity index (χ3v) is 4.69. The average molecular weight is 376 g/mol. The molecule has 0 saturated carbocycles. The number of thiazole rings is 1. The number of amidine groups is 1. The molecule has 0 saturated heterocycles. The van der Waals surface area contributed by atoms with Crippen molar-refractivity contribution in [3.05, 3.63) is 93.1 Å². The number of carbonyl (C=O) groups is 1. The van der Waals surface area contributed by atoms with Gasteiger partial charge in [-0.3, -0.25) is 14.9 Å². The molecule has 0 atom stereocenters. The Labute approximate surface area is 158 Å². The number of hydrogen-bond acceptors (Lipinski definition) is 6. The summed E-state index contributed by atoms with van der Waals surface area (Å²) in [6, 6.07) is 15.5. The van der Waals surface area contributed by atoms with Crippen molar-refractivity contribution < 1.29 is 9.72 Å². The highest BCUT2D eigenvalue weighted by Gasteiger charge is 2.34. The van der Waals surface area contributed by atoms with E-state index >= 15 is 0 Å². The van der Waals surface area contributed by atoms with E-state index in [9.17, 15) is 14.9 Å². The van der Waals surface area contributed by atoms with Gasteiger partial charge in [0.05, 0.1) is 10.5 Å². The van der Waals surface area contributed by atoms with Gasteiger partial charge in [0.15, 0.2) is 5.13 Å². The summed E-state index contributed by atoms with van der Waals surface area (Å²) in [6.45, 7) is 0. The summed E-state index contributed by atoms with van der Waals surface area (Å²) in [4.78, 5) is 33.9. The Bertz CT molecular complexity index is 1080. The summed E-state index contributed by atoms with van der Waals surface area (Å²) in [5.74, 6) is 0.0716. The molecule has 7 nitrogen and oxygen atoms in total. The fraction of sp³-hybridized carbons (Fsp3) is 0. The number of carbonyl (C=O) groups excluding carboxylic acids is 1. The van der Waals surface area contributed by atoms with Gasteiger partial charge in [0, 0.05) is 23.2 Å². The first-order chi connectivity index (χ1) is 13.1. The number of para-hydroxylation sites is 1. The molecule has 0 spiro atoms. The van der Waals surface area contributed by atoms with Crippen molar-refractivity contribution >= 4 is 40.0 Å². The normalized spacial score (nSPS) is 15.3. The molecular weight excluding hydrogens is 364 g/mol. The number of benzene rings is 2. The van der Waals surface area contributed by atoms with E-state index in [1.165, 1.54) is 28.4 Å². The lowest BCUT2D eigenvalue weighted by Crippen LogP contribution is -2.32. The van der Waals surface area contributed by atoms with Crippen molar-refractivity contribution in [2.75, 3.05) is 4.90 Å². The first kappa shape index (κ1) is 16.8. The number of aromatic nitrogens is 1. The highest BCUT2D eigenvalue weighted by molar-refractivity contribution is 7.14. The van der Waals surface area contributed by atoms with Crippen molar-refractivity contribution in [3.63, 3.8) is 0 Å². The van der Waals surface area contributed by atoms with Gasteiger partial charge in [0.25, 0.3) is 11.6 Å². The summed E-state index contributed by atoms with van der Waals surface area (Å²) in [5, 5.41) is 13.5. The van der Waals surface area contributed by atoms with Gasteiger partial charge in [-0.2, -0.15) is 0 Å². The molecule has 8 heteroatoms. The lowest BCUT2D eigenvalue weighted by Gasteiger charge is -2.14. The molecule has 2 aromatic carbocycles. The third kappa shape index (κ3) is 3.13. The van der Waals surface area contributed by atoms with Crippen molar-refractivity contribution in [1.29, 1.82) is 0 Å². The molecule has 0 unspecified atom stereocenters. The molecule has 4 rings (SSSR count). The fourth-order valence-corrected chi connectivity index (χ4v) is 3.36. The second-order valence-electron chi connectivity index (χ2n) is 5.60. The van der Waals surface area contributed by atoms with Crippen LogP contribution in [0.1, 0.15) is 11.1 Å². The van der Waals surface area contributed by atoms with E-state index < -0.39 is 4.92 Å². The maximum Gasteiger partial charge on any atom is 0.284 e. The Morgan fingerprint density at radius 1 is 1.07 bits per heavy atom. The molecule has 1 amide bonds. The molecule has 1 aliphatic rings. The molecule has 0 N–H and O–H groups in total. The van der Waals surface area contributed by atoms with Crippen molar-refractivity contribution in [3.8, 4) is 0 Å². The number of amides is 1. The first-order valence-electron chi connectivity index (χ1n) is 7.98. The van der Waals surface area contributed by atoms with Crippen LogP contribution in [-0.2, 0) is 4.79 Å². The van der Waals surface area contributed by atoms with Gasteiger partial charge in [-0.25, -0.2) is 14.9 Å². The third-order valence-electron chi connectivity index (χ3n) is 3.93. The van der Waals surface area contributed by atoms with Crippen LogP contribution in [0.5, 0.6) is 0 Å². The summed E-state index contributed by atoms with van der Waals surface area (Å²) in [6.07, 6.45) is 3.05. The number of rotatable bonds is 4. The molecule has 0 bridgehead atoms. The van der Waals surface area contributed by atoms with Crippen LogP contribution in [0, 0.1) is 10.1 Å². The Kier molecular flexibility index (Phi) is 4.31. The van der Waals surface area contributed by atoms with Crippen LogP contribution in [0.3, 0.4) is 0 Å². The van der Waals surface area contributed by atoms with Crippen LogP contribution in [0.2, 0.25) is 0 Å². The average Bonchev–Trinajstić information content (AvgIpc) is 3.31. The van der Waals surface area contributed by atoms with Crippen LogP contribution in [-0.4, -0.2) is 21.7 Å². The van der Waals surface area contributed by atoms with Gasteiger partial charge in [0.2, 0.25) is 0 Å². The second-order valence-corrected chi connectivity index (χ2v) is 6.48. The standard InChI is InChI=1S/C19H12N4O3S/c24-18-15(12-14-8-4-5-9-16(14)23(25)26)21-17(13-6-2-1-3-7-13)22(18)19-20-10-11-27-19/h1-12H/b15-12-. The van der Waals surface area contributed by atoms with Gasteiger partial charge in [-0.05, 0) is 12.1 Å². The van der Waals surface area contributed by atoms with Crippen molar-refractivity contribution in [2.45, 2.75) is 0 Å². The Morgan fingerprint density at radius 3 is 2.52 bits per heavy atom. The Morgan fingerprint density at radius 2 is 1.81 bits per heavy atom. The number of nitro benzene ring substituents is 1. The smallest absolute Gasteiger partial charge is 0.266 e. The maximum absolute atomic E-state index is 13.0. The van der Waals surface area contributed by atoms with E-state index in [1.807, 2.05) is 30.3 Å². The number of nitro groups is 1. The SMILES string of the molecule is O=C1/C(=C/c2ccccc2[N+](=O)[O-])N=C(c2ccccc2)N1c1nccs1. The number of aliphatic imine (C=N–C) groups is 1. The van der Waals surface area contributed by atoms with Crippen LogP contribution in [0.15, 0.2) is 76.9 Å². The zero-order valence-corrected chi connectivity index (χ0v) is 14.7.